The standard InChI is InChI=1S/C8H7BrF3NO/c1-5(8(10,11)12)14-7-2-6(9)3-13-4-7/h2-5H,1H3. The van der Waals surface area contributed by atoms with E-state index in [2.05, 4.69) is 25.7 Å². The van der Waals surface area contributed by atoms with Crippen LogP contribution in [0.2, 0.25) is 0 Å². The highest BCUT2D eigenvalue weighted by molar-refractivity contribution is 9.10. The summed E-state index contributed by atoms with van der Waals surface area (Å²) in [7, 11) is 0. The van der Waals surface area contributed by atoms with Gasteiger partial charge < -0.3 is 4.74 Å². The molecule has 0 N–H and O–H groups in total. The lowest BCUT2D eigenvalue weighted by molar-refractivity contribution is -0.189. The van der Waals surface area contributed by atoms with Crippen LogP contribution in [0, 0.1) is 0 Å². The summed E-state index contributed by atoms with van der Waals surface area (Å²) in [6.07, 6.45) is -3.50. The van der Waals surface area contributed by atoms with Crippen LogP contribution < -0.4 is 4.74 Å². The van der Waals surface area contributed by atoms with Gasteiger partial charge in [-0.25, -0.2) is 0 Å². The number of alkyl halides is 3. The van der Waals surface area contributed by atoms with Gasteiger partial charge in [0.05, 0.1) is 6.20 Å². The number of hydrogen-bond donors (Lipinski definition) is 0. The summed E-state index contributed by atoms with van der Waals surface area (Å²) in [5.74, 6) is 0.0872. The molecule has 1 unspecified atom stereocenters. The number of pyridine rings is 1. The SMILES string of the molecule is CC(Oc1cncc(Br)c1)C(F)(F)F. The highest BCUT2D eigenvalue weighted by atomic mass is 79.9. The number of halogens is 4. The predicted molar refractivity (Wildman–Crippen MR) is 48.1 cm³/mol. The minimum Gasteiger partial charge on any atom is -0.480 e. The van der Waals surface area contributed by atoms with Gasteiger partial charge in [0.25, 0.3) is 0 Å². The number of nitrogens with zero attached hydrogens (tertiary/aromatic N) is 1. The molecule has 0 fully saturated rings. The van der Waals surface area contributed by atoms with Crippen LogP contribution in [0.1, 0.15) is 6.92 Å². The molecule has 0 aromatic carbocycles. The Balaban J connectivity index is 2.70. The first-order chi connectivity index (χ1) is 6.39. The van der Waals surface area contributed by atoms with Crippen LogP contribution in [0.25, 0.3) is 0 Å². The third-order valence-electron chi connectivity index (χ3n) is 1.45. The van der Waals surface area contributed by atoms with Gasteiger partial charge in [0.2, 0.25) is 0 Å². The first-order valence-electron chi connectivity index (χ1n) is 3.73. The zero-order valence-electron chi connectivity index (χ0n) is 7.18. The van der Waals surface area contributed by atoms with Crippen molar-refractivity contribution >= 4 is 15.9 Å². The topological polar surface area (TPSA) is 22.1 Å². The molecular formula is C8H7BrF3NO. The van der Waals surface area contributed by atoms with E-state index < -0.39 is 12.3 Å². The number of aromatic nitrogens is 1. The van der Waals surface area contributed by atoms with E-state index in [-0.39, 0.29) is 5.75 Å². The van der Waals surface area contributed by atoms with E-state index in [1.54, 1.807) is 0 Å². The van der Waals surface area contributed by atoms with E-state index in [0.717, 1.165) is 6.92 Å². The van der Waals surface area contributed by atoms with Gasteiger partial charge in [0.15, 0.2) is 6.10 Å². The summed E-state index contributed by atoms with van der Waals surface area (Å²) in [6, 6.07) is 1.43. The zero-order chi connectivity index (χ0) is 10.8. The smallest absolute Gasteiger partial charge is 0.425 e. The quantitative estimate of drug-likeness (QED) is 0.823. The molecule has 1 aromatic heterocycles. The zero-order valence-corrected chi connectivity index (χ0v) is 8.76. The molecule has 0 aliphatic heterocycles. The van der Waals surface area contributed by atoms with Crippen LogP contribution in [0.15, 0.2) is 22.9 Å². The Labute approximate surface area is 87.2 Å². The molecule has 14 heavy (non-hydrogen) atoms. The fourth-order valence-electron chi connectivity index (χ4n) is 0.728. The molecule has 1 aromatic rings. The van der Waals surface area contributed by atoms with Gasteiger partial charge in [-0.05, 0) is 28.9 Å². The Kier molecular flexibility index (Phi) is 3.36. The summed E-state index contributed by atoms with van der Waals surface area (Å²) >= 11 is 3.08. The van der Waals surface area contributed by atoms with Crippen molar-refractivity contribution in [1.29, 1.82) is 0 Å². The largest absolute Gasteiger partial charge is 0.480 e. The molecule has 2 nitrogen and oxygen atoms in total. The second-order valence-corrected chi connectivity index (χ2v) is 3.56. The molecule has 6 heteroatoms. The molecule has 1 heterocycles. The summed E-state index contributed by atoms with van der Waals surface area (Å²) in [6.45, 7) is 0.945. The van der Waals surface area contributed by atoms with Crippen molar-refractivity contribution < 1.29 is 17.9 Å². The van der Waals surface area contributed by atoms with Gasteiger partial charge in [-0.3, -0.25) is 4.98 Å². The molecule has 0 aliphatic rings. The Bertz CT molecular complexity index is 316. The first-order valence-corrected chi connectivity index (χ1v) is 4.53. The lowest BCUT2D eigenvalue weighted by atomic mass is 10.4. The van der Waals surface area contributed by atoms with E-state index in [1.165, 1.54) is 18.5 Å². The fourth-order valence-corrected chi connectivity index (χ4v) is 1.07. The van der Waals surface area contributed by atoms with Gasteiger partial charge in [0.1, 0.15) is 5.75 Å². The van der Waals surface area contributed by atoms with Crippen molar-refractivity contribution in [3.63, 3.8) is 0 Å². The second-order valence-electron chi connectivity index (χ2n) is 2.64. The molecule has 78 valence electrons. The van der Waals surface area contributed by atoms with Crippen LogP contribution in [-0.2, 0) is 0 Å². The molecule has 0 saturated heterocycles. The molecule has 1 rings (SSSR count). The molecule has 0 saturated carbocycles. The van der Waals surface area contributed by atoms with E-state index in [9.17, 15) is 13.2 Å². The third kappa shape index (κ3) is 3.17. The van der Waals surface area contributed by atoms with Crippen LogP contribution in [0.3, 0.4) is 0 Å². The van der Waals surface area contributed by atoms with Crippen molar-refractivity contribution in [2.24, 2.45) is 0 Å². The van der Waals surface area contributed by atoms with Crippen LogP contribution >= 0.6 is 15.9 Å². The average molecular weight is 270 g/mol. The molecular weight excluding hydrogens is 263 g/mol. The van der Waals surface area contributed by atoms with Crippen molar-refractivity contribution in [3.05, 3.63) is 22.9 Å². The Morgan fingerprint density at radius 1 is 1.43 bits per heavy atom. The normalized spacial score (nSPS) is 13.8. The monoisotopic (exact) mass is 269 g/mol. The summed E-state index contributed by atoms with van der Waals surface area (Å²) < 4.78 is 41.5. The van der Waals surface area contributed by atoms with Crippen LogP contribution in [-0.4, -0.2) is 17.3 Å². The number of hydrogen-bond acceptors (Lipinski definition) is 2. The van der Waals surface area contributed by atoms with Gasteiger partial charge in [-0.15, -0.1) is 0 Å². The molecule has 0 bridgehead atoms. The van der Waals surface area contributed by atoms with Crippen LogP contribution in [0.4, 0.5) is 13.2 Å². The van der Waals surface area contributed by atoms with Gasteiger partial charge in [0, 0.05) is 10.7 Å². The van der Waals surface area contributed by atoms with Crippen molar-refractivity contribution in [1.82, 2.24) is 4.98 Å². The van der Waals surface area contributed by atoms with E-state index in [1.807, 2.05) is 0 Å². The van der Waals surface area contributed by atoms with Crippen molar-refractivity contribution in [3.8, 4) is 5.75 Å². The van der Waals surface area contributed by atoms with Gasteiger partial charge in [-0.1, -0.05) is 0 Å². The molecule has 1 atom stereocenters. The highest BCUT2D eigenvalue weighted by Gasteiger charge is 2.38. The van der Waals surface area contributed by atoms with E-state index in [0.29, 0.717) is 4.47 Å². The van der Waals surface area contributed by atoms with E-state index >= 15 is 0 Å². The molecule has 0 amide bonds. The minimum atomic E-state index is -4.36. The molecule has 0 aliphatic carbocycles. The highest BCUT2D eigenvalue weighted by Crippen LogP contribution is 2.25. The Hall–Kier alpha value is -0.780. The van der Waals surface area contributed by atoms with Gasteiger partial charge >= 0.3 is 6.18 Å². The predicted octanol–water partition coefficient (Wildman–Crippen LogP) is 3.17. The first kappa shape index (κ1) is 11.3. The van der Waals surface area contributed by atoms with Crippen molar-refractivity contribution in [2.45, 2.75) is 19.2 Å². The lowest BCUT2D eigenvalue weighted by Gasteiger charge is -2.17. The summed E-state index contributed by atoms with van der Waals surface area (Å²) in [5, 5.41) is 0. The Morgan fingerprint density at radius 3 is 2.57 bits per heavy atom. The fraction of sp³-hybridized carbons (Fsp3) is 0.375. The van der Waals surface area contributed by atoms with Crippen LogP contribution in [0.5, 0.6) is 5.75 Å². The van der Waals surface area contributed by atoms with Gasteiger partial charge in [-0.2, -0.15) is 13.2 Å². The summed E-state index contributed by atoms with van der Waals surface area (Å²) in [5.41, 5.74) is 0. The lowest BCUT2D eigenvalue weighted by Crippen LogP contribution is -2.31. The number of ether oxygens (including phenoxy) is 1. The summed E-state index contributed by atoms with van der Waals surface area (Å²) in [4.78, 5) is 3.68. The Morgan fingerprint density at radius 2 is 2.07 bits per heavy atom. The maximum Gasteiger partial charge on any atom is 0.425 e. The maximum absolute atomic E-state index is 12.1. The minimum absolute atomic E-state index is 0.0872. The average Bonchev–Trinajstić information content (AvgIpc) is 2.02. The van der Waals surface area contributed by atoms with Crippen molar-refractivity contribution in [2.75, 3.05) is 0 Å². The van der Waals surface area contributed by atoms with E-state index in [4.69, 9.17) is 0 Å². The third-order valence-corrected chi connectivity index (χ3v) is 1.89. The number of rotatable bonds is 2. The molecule has 0 radical (unpaired) electrons. The molecule has 0 spiro atoms. The second kappa shape index (κ2) is 4.16. The maximum atomic E-state index is 12.1.